The Bertz CT molecular complexity index is 551. The van der Waals surface area contributed by atoms with Crippen molar-refractivity contribution in [1.82, 2.24) is 19.9 Å². The zero-order chi connectivity index (χ0) is 13.7. The van der Waals surface area contributed by atoms with E-state index in [0.717, 1.165) is 24.3 Å². The third kappa shape index (κ3) is 3.29. The number of carbonyl (C=O) groups is 1. The monoisotopic (exact) mass is 261 g/mol. The Labute approximate surface area is 112 Å². The molecule has 0 aromatic carbocycles. The van der Waals surface area contributed by atoms with Gasteiger partial charge in [0.15, 0.2) is 11.5 Å². The molecular formula is C13H19N5O. The second-order valence-corrected chi connectivity index (χ2v) is 4.59. The first-order valence-electron chi connectivity index (χ1n) is 6.49. The molecule has 0 radical (unpaired) electrons. The van der Waals surface area contributed by atoms with Crippen LogP contribution >= 0.6 is 0 Å². The first-order valence-corrected chi connectivity index (χ1v) is 6.49. The second-order valence-electron chi connectivity index (χ2n) is 4.59. The molecule has 19 heavy (non-hydrogen) atoms. The van der Waals surface area contributed by atoms with Gasteiger partial charge >= 0.3 is 0 Å². The van der Waals surface area contributed by atoms with Crippen LogP contribution in [0, 0.1) is 5.92 Å². The molecule has 0 aliphatic carbocycles. The smallest absolute Gasteiger partial charge is 0.223 e. The predicted octanol–water partition coefficient (Wildman–Crippen LogP) is 0.720. The first-order chi connectivity index (χ1) is 9.22. The molecule has 1 atom stereocenters. The highest BCUT2D eigenvalue weighted by Gasteiger charge is 2.13. The summed E-state index contributed by atoms with van der Waals surface area (Å²) in [6, 6.07) is 5.69. The number of aromatic nitrogens is 3. The zero-order valence-electron chi connectivity index (χ0n) is 11.0. The number of pyridine rings is 1. The maximum Gasteiger partial charge on any atom is 0.223 e. The molecular weight excluding hydrogens is 242 g/mol. The third-order valence-corrected chi connectivity index (χ3v) is 3.09. The maximum atomic E-state index is 11.9. The standard InChI is InChI=1S/C13H19N5O/c1-10(5-4-7-14)13(19)15-9-12-17-16-11-6-2-3-8-18(11)12/h2-3,6,8,10H,4-5,7,9,14H2,1H3,(H,15,19). The van der Waals surface area contributed by atoms with E-state index in [4.69, 9.17) is 5.73 Å². The van der Waals surface area contributed by atoms with Crippen molar-refractivity contribution < 1.29 is 4.79 Å². The molecule has 2 rings (SSSR count). The lowest BCUT2D eigenvalue weighted by Gasteiger charge is -2.10. The van der Waals surface area contributed by atoms with E-state index in [2.05, 4.69) is 15.5 Å². The number of hydrogen-bond acceptors (Lipinski definition) is 4. The molecule has 0 aliphatic rings. The van der Waals surface area contributed by atoms with Crippen LogP contribution in [-0.2, 0) is 11.3 Å². The molecule has 0 saturated carbocycles. The molecule has 1 amide bonds. The Morgan fingerprint density at radius 1 is 1.47 bits per heavy atom. The fourth-order valence-corrected chi connectivity index (χ4v) is 1.91. The lowest BCUT2D eigenvalue weighted by Crippen LogP contribution is -2.29. The van der Waals surface area contributed by atoms with Crippen LogP contribution in [0.2, 0.25) is 0 Å². The Kier molecular flexibility index (Phi) is 4.46. The van der Waals surface area contributed by atoms with Crippen molar-refractivity contribution in [3.8, 4) is 0 Å². The molecule has 0 fully saturated rings. The van der Waals surface area contributed by atoms with Crippen molar-refractivity contribution >= 4 is 11.6 Å². The SMILES string of the molecule is CC(CCCN)C(=O)NCc1nnc2ccccn12. The highest BCUT2D eigenvalue weighted by atomic mass is 16.1. The third-order valence-electron chi connectivity index (χ3n) is 3.09. The van der Waals surface area contributed by atoms with Crippen molar-refractivity contribution in [3.05, 3.63) is 30.2 Å². The van der Waals surface area contributed by atoms with E-state index in [1.165, 1.54) is 0 Å². The van der Waals surface area contributed by atoms with Gasteiger partial charge in [-0.25, -0.2) is 0 Å². The van der Waals surface area contributed by atoms with E-state index < -0.39 is 0 Å². The molecule has 102 valence electrons. The van der Waals surface area contributed by atoms with Crippen LogP contribution in [0.5, 0.6) is 0 Å². The van der Waals surface area contributed by atoms with Gasteiger partial charge in [-0.1, -0.05) is 13.0 Å². The topological polar surface area (TPSA) is 85.3 Å². The summed E-state index contributed by atoms with van der Waals surface area (Å²) in [4.78, 5) is 11.9. The van der Waals surface area contributed by atoms with Gasteiger partial charge in [0.1, 0.15) is 0 Å². The van der Waals surface area contributed by atoms with Gasteiger partial charge in [-0.2, -0.15) is 0 Å². The molecule has 2 aromatic heterocycles. The number of nitrogens with two attached hydrogens (primary N) is 1. The number of rotatable bonds is 6. The largest absolute Gasteiger partial charge is 0.349 e. The number of fused-ring (bicyclic) bond motifs is 1. The van der Waals surface area contributed by atoms with Crippen molar-refractivity contribution in [1.29, 1.82) is 0 Å². The van der Waals surface area contributed by atoms with E-state index in [-0.39, 0.29) is 11.8 Å². The number of carbonyl (C=O) groups excluding carboxylic acids is 1. The van der Waals surface area contributed by atoms with Crippen LogP contribution in [0.15, 0.2) is 24.4 Å². The minimum absolute atomic E-state index is 0.0252. The van der Waals surface area contributed by atoms with Crippen LogP contribution in [0.1, 0.15) is 25.6 Å². The van der Waals surface area contributed by atoms with Crippen LogP contribution in [0.3, 0.4) is 0 Å². The summed E-state index contributed by atoms with van der Waals surface area (Å²) < 4.78 is 1.87. The Hall–Kier alpha value is -1.95. The van der Waals surface area contributed by atoms with Crippen molar-refractivity contribution in [3.63, 3.8) is 0 Å². The number of amides is 1. The van der Waals surface area contributed by atoms with Crippen molar-refractivity contribution in [2.24, 2.45) is 11.7 Å². The molecule has 0 aliphatic heterocycles. The number of nitrogens with zero attached hydrogens (tertiary/aromatic N) is 3. The van der Waals surface area contributed by atoms with Gasteiger partial charge in [0.05, 0.1) is 6.54 Å². The fraction of sp³-hybridized carbons (Fsp3) is 0.462. The minimum atomic E-state index is -0.0252. The van der Waals surface area contributed by atoms with E-state index in [1.54, 1.807) is 0 Å². The predicted molar refractivity (Wildman–Crippen MR) is 72.3 cm³/mol. The van der Waals surface area contributed by atoms with E-state index in [9.17, 15) is 4.79 Å². The van der Waals surface area contributed by atoms with Crippen LogP contribution < -0.4 is 11.1 Å². The van der Waals surface area contributed by atoms with Gasteiger partial charge in [-0.15, -0.1) is 10.2 Å². The van der Waals surface area contributed by atoms with Crippen LogP contribution in [0.4, 0.5) is 0 Å². The molecule has 6 heteroatoms. The molecule has 0 bridgehead atoms. The molecule has 6 nitrogen and oxygen atoms in total. The average molecular weight is 261 g/mol. The first kappa shape index (κ1) is 13.5. The highest BCUT2D eigenvalue weighted by Crippen LogP contribution is 2.06. The van der Waals surface area contributed by atoms with Crippen LogP contribution in [0.25, 0.3) is 5.65 Å². The van der Waals surface area contributed by atoms with E-state index in [1.807, 2.05) is 35.7 Å². The zero-order valence-corrected chi connectivity index (χ0v) is 11.0. The van der Waals surface area contributed by atoms with Gasteiger partial charge in [0.25, 0.3) is 0 Å². The Morgan fingerprint density at radius 3 is 3.11 bits per heavy atom. The lowest BCUT2D eigenvalue weighted by atomic mass is 10.1. The summed E-state index contributed by atoms with van der Waals surface area (Å²) in [7, 11) is 0. The maximum absolute atomic E-state index is 11.9. The Morgan fingerprint density at radius 2 is 2.32 bits per heavy atom. The Balaban J connectivity index is 1.93. The van der Waals surface area contributed by atoms with E-state index >= 15 is 0 Å². The summed E-state index contributed by atoms with van der Waals surface area (Å²) in [6.07, 6.45) is 3.56. The summed E-state index contributed by atoms with van der Waals surface area (Å²) in [5.41, 5.74) is 6.22. The van der Waals surface area contributed by atoms with Gasteiger partial charge in [-0.3, -0.25) is 9.20 Å². The summed E-state index contributed by atoms with van der Waals surface area (Å²) in [6.45, 7) is 2.91. The molecule has 1 unspecified atom stereocenters. The molecule has 2 heterocycles. The van der Waals surface area contributed by atoms with Crippen LogP contribution in [-0.4, -0.2) is 27.0 Å². The second kappa shape index (κ2) is 6.29. The van der Waals surface area contributed by atoms with Crippen molar-refractivity contribution in [2.75, 3.05) is 6.54 Å². The van der Waals surface area contributed by atoms with Gasteiger partial charge in [0.2, 0.25) is 5.91 Å². The molecule has 2 aromatic rings. The molecule has 3 N–H and O–H groups in total. The summed E-state index contributed by atoms with van der Waals surface area (Å²) >= 11 is 0. The van der Waals surface area contributed by atoms with Crippen molar-refractivity contribution in [2.45, 2.75) is 26.3 Å². The molecule has 0 saturated heterocycles. The van der Waals surface area contributed by atoms with Gasteiger partial charge in [-0.05, 0) is 31.5 Å². The number of hydrogen-bond donors (Lipinski definition) is 2. The quantitative estimate of drug-likeness (QED) is 0.802. The normalized spacial score (nSPS) is 12.5. The highest BCUT2D eigenvalue weighted by molar-refractivity contribution is 5.78. The van der Waals surface area contributed by atoms with E-state index in [0.29, 0.717) is 13.1 Å². The summed E-state index contributed by atoms with van der Waals surface area (Å²) in [5.74, 6) is 0.735. The lowest BCUT2D eigenvalue weighted by molar-refractivity contribution is -0.124. The number of nitrogens with one attached hydrogen (secondary N) is 1. The minimum Gasteiger partial charge on any atom is -0.349 e. The molecule has 0 spiro atoms. The van der Waals surface area contributed by atoms with Gasteiger partial charge in [0, 0.05) is 12.1 Å². The average Bonchev–Trinajstić information content (AvgIpc) is 2.85. The van der Waals surface area contributed by atoms with Gasteiger partial charge < -0.3 is 11.1 Å². The fourth-order valence-electron chi connectivity index (χ4n) is 1.91. The summed E-state index contributed by atoms with van der Waals surface area (Å²) in [5, 5.41) is 11.0.